The quantitative estimate of drug-likeness (QED) is 0.552. The molecule has 0 unspecified atom stereocenters. The zero-order chi connectivity index (χ0) is 18.0. The molecule has 1 aromatic heterocycles. The number of hydrogen-bond donors (Lipinski definition) is 2. The van der Waals surface area contributed by atoms with Gasteiger partial charge in [-0.05, 0) is 42.0 Å². The van der Waals surface area contributed by atoms with Crippen LogP contribution in [0.5, 0.6) is 11.5 Å². The number of aromatic carboxylic acids is 1. The molecule has 0 bridgehead atoms. The summed E-state index contributed by atoms with van der Waals surface area (Å²) in [5, 5.41) is 18.8. The van der Waals surface area contributed by atoms with E-state index in [1.807, 2.05) is 18.2 Å². The Morgan fingerprint density at radius 1 is 1.08 bits per heavy atom. The molecule has 2 aromatic carbocycles. The standard InChI is InChI=1S/C18H11BrO5S/c19-11-4-7-13-14(9-11)25-17(18(22)23)16(13)24-12-5-1-10(2-6-12)3-8-15(20)21/h1-9H,(H,20,21)(H,22,23)/b8-3+. The van der Waals surface area contributed by atoms with Crippen molar-refractivity contribution in [3.05, 3.63) is 63.5 Å². The molecule has 0 atom stereocenters. The van der Waals surface area contributed by atoms with Crippen molar-refractivity contribution in [3.63, 3.8) is 0 Å². The van der Waals surface area contributed by atoms with Gasteiger partial charge < -0.3 is 14.9 Å². The van der Waals surface area contributed by atoms with Crippen LogP contribution in [0.3, 0.4) is 0 Å². The number of ether oxygens (including phenoxy) is 1. The van der Waals surface area contributed by atoms with Gasteiger partial charge in [0.15, 0.2) is 10.6 Å². The van der Waals surface area contributed by atoms with Crippen LogP contribution in [0.2, 0.25) is 0 Å². The van der Waals surface area contributed by atoms with Gasteiger partial charge in [0, 0.05) is 20.6 Å². The first kappa shape index (κ1) is 17.2. The number of aliphatic carboxylic acids is 1. The zero-order valence-corrected chi connectivity index (χ0v) is 15.0. The van der Waals surface area contributed by atoms with E-state index in [-0.39, 0.29) is 4.88 Å². The fraction of sp³-hybridized carbons (Fsp3) is 0. The van der Waals surface area contributed by atoms with Crippen molar-refractivity contribution in [2.75, 3.05) is 0 Å². The van der Waals surface area contributed by atoms with E-state index >= 15 is 0 Å². The number of halogens is 1. The van der Waals surface area contributed by atoms with Gasteiger partial charge in [-0.3, -0.25) is 0 Å². The molecule has 3 aromatic rings. The lowest BCUT2D eigenvalue weighted by molar-refractivity contribution is -0.131. The third-order valence-corrected chi connectivity index (χ3v) is 4.93. The molecule has 0 amide bonds. The van der Waals surface area contributed by atoms with Crippen LogP contribution in [0.1, 0.15) is 15.2 Å². The normalized spacial score (nSPS) is 11.1. The highest BCUT2D eigenvalue weighted by molar-refractivity contribution is 9.10. The number of hydrogen-bond acceptors (Lipinski definition) is 4. The highest BCUT2D eigenvalue weighted by Gasteiger charge is 2.20. The molecule has 7 heteroatoms. The number of fused-ring (bicyclic) bond motifs is 1. The molecule has 0 spiro atoms. The average Bonchev–Trinajstić information content (AvgIpc) is 2.92. The molecular weight excluding hydrogens is 408 g/mol. The molecule has 0 fully saturated rings. The molecule has 0 saturated heterocycles. The number of carboxylic acid groups (broad SMARTS) is 2. The lowest BCUT2D eigenvalue weighted by Crippen LogP contribution is -1.95. The summed E-state index contributed by atoms with van der Waals surface area (Å²) in [5.41, 5.74) is 0.701. The Labute approximate surface area is 154 Å². The smallest absolute Gasteiger partial charge is 0.349 e. The minimum atomic E-state index is -1.05. The molecule has 0 radical (unpaired) electrons. The maximum absolute atomic E-state index is 11.5. The molecule has 0 aliphatic rings. The van der Waals surface area contributed by atoms with Crippen LogP contribution in [-0.4, -0.2) is 22.2 Å². The lowest BCUT2D eigenvalue weighted by atomic mass is 10.2. The van der Waals surface area contributed by atoms with Crippen molar-refractivity contribution in [3.8, 4) is 11.5 Å². The van der Waals surface area contributed by atoms with Crippen LogP contribution in [0.4, 0.5) is 0 Å². The maximum Gasteiger partial charge on any atom is 0.349 e. The van der Waals surface area contributed by atoms with E-state index in [1.165, 1.54) is 6.08 Å². The topological polar surface area (TPSA) is 83.8 Å². The summed E-state index contributed by atoms with van der Waals surface area (Å²) in [6.07, 6.45) is 2.51. The van der Waals surface area contributed by atoms with E-state index in [2.05, 4.69) is 15.9 Å². The summed E-state index contributed by atoms with van der Waals surface area (Å²) in [6, 6.07) is 12.2. The lowest BCUT2D eigenvalue weighted by Gasteiger charge is -2.06. The Bertz CT molecular complexity index is 989. The van der Waals surface area contributed by atoms with E-state index < -0.39 is 11.9 Å². The summed E-state index contributed by atoms with van der Waals surface area (Å²) in [7, 11) is 0. The monoisotopic (exact) mass is 418 g/mol. The summed E-state index contributed by atoms with van der Waals surface area (Å²) in [5.74, 6) is -1.30. The molecule has 25 heavy (non-hydrogen) atoms. The maximum atomic E-state index is 11.5. The summed E-state index contributed by atoms with van der Waals surface area (Å²) in [6.45, 7) is 0. The largest absolute Gasteiger partial charge is 0.478 e. The van der Waals surface area contributed by atoms with E-state index in [0.29, 0.717) is 17.1 Å². The molecule has 0 aliphatic heterocycles. The number of rotatable bonds is 5. The number of carbonyl (C=O) groups is 2. The predicted octanol–water partition coefficient (Wildman–Crippen LogP) is 5.25. The first-order chi connectivity index (χ1) is 11.9. The van der Waals surface area contributed by atoms with Crippen molar-refractivity contribution in [2.45, 2.75) is 0 Å². The van der Waals surface area contributed by atoms with Gasteiger partial charge in [0.25, 0.3) is 0 Å². The minimum absolute atomic E-state index is 0.128. The van der Waals surface area contributed by atoms with Crippen LogP contribution in [0, 0.1) is 0 Å². The van der Waals surface area contributed by atoms with Crippen LogP contribution in [0.25, 0.3) is 16.2 Å². The Balaban J connectivity index is 1.95. The highest BCUT2D eigenvalue weighted by Crippen LogP contribution is 2.41. The highest BCUT2D eigenvalue weighted by atomic mass is 79.9. The molecule has 126 valence electrons. The van der Waals surface area contributed by atoms with Crippen LogP contribution >= 0.6 is 27.3 Å². The second kappa shape index (κ2) is 7.08. The zero-order valence-electron chi connectivity index (χ0n) is 12.6. The second-order valence-corrected chi connectivity index (χ2v) is 7.02. The van der Waals surface area contributed by atoms with Crippen molar-refractivity contribution in [2.24, 2.45) is 0 Å². The van der Waals surface area contributed by atoms with E-state index in [0.717, 1.165) is 32.0 Å². The number of thiophene rings is 1. The number of carboxylic acids is 2. The van der Waals surface area contributed by atoms with E-state index in [9.17, 15) is 14.7 Å². The molecule has 2 N–H and O–H groups in total. The summed E-state index contributed by atoms with van der Waals surface area (Å²) in [4.78, 5) is 22.2. The third kappa shape index (κ3) is 3.89. The van der Waals surface area contributed by atoms with Gasteiger partial charge in [-0.15, -0.1) is 11.3 Å². The van der Waals surface area contributed by atoms with E-state index in [1.54, 1.807) is 24.3 Å². The van der Waals surface area contributed by atoms with Gasteiger partial charge in [0.1, 0.15) is 5.75 Å². The van der Waals surface area contributed by atoms with Crippen molar-refractivity contribution in [1.82, 2.24) is 0 Å². The Morgan fingerprint density at radius 2 is 1.80 bits per heavy atom. The van der Waals surface area contributed by atoms with Gasteiger partial charge in [-0.25, -0.2) is 9.59 Å². The van der Waals surface area contributed by atoms with Crippen molar-refractivity contribution in [1.29, 1.82) is 0 Å². The molecule has 3 rings (SSSR count). The first-order valence-corrected chi connectivity index (χ1v) is 8.69. The summed E-state index contributed by atoms with van der Waals surface area (Å²) < 4.78 is 7.49. The SMILES string of the molecule is O=C(O)/C=C/c1ccc(Oc2c(C(=O)O)sc3cc(Br)ccc23)cc1. The third-order valence-electron chi connectivity index (χ3n) is 3.32. The van der Waals surface area contributed by atoms with Crippen LogP contribution < -0.4 is 4.74 Å². The van der Waals surface area contributed by atoms with Gasteiger partial charge in [-0.2, -0.15) is 0 Å². The number of benzene rings is 2. The Morgan fingerprint density at radius 3 is 2.44 bits per heavy atom. The fourth-order valence-electron chi connectivity index (χ4n) is 2.22. The molecular formula is C18H11BrO5S. The van der Waals surface area contributed by atoms with Gasteiger partial charge in [0.2, 0.25) is 0 Å². The Hall–Kier alpha value is -2.64. The molecule has 0 aliphatic carbocycles. The minimum Gasteiger partial charge on any atom is -0.478 e. The van der Waals surface area contributed by atoms with Gasteiger partial charge in [0.05, 0.1) is 0 Å². The summed E-state index contributed by atoms with van der Waals surface area (Å²) >= 11 is 4.52. The van der Waals surface area contributed by atoms with Gasteiger partial charge >= 0.3 is 11.9 Å². The predicted molar refractivity (Wildman–Crippen MR) is 99.7 cm³/mol. The van der Waals surface area contributed by atoms with Crippen LogP contribution in [-0.2, 0) is 4.79 Å². The van der Waals surface area contributed by atoms with Gasteiger partial charge in [-0.1, -0.05) is 28.1 Å². The first-order valence-electron chi connectivity index (χ1n) is 7.08. The molecule has 1 heterocycles. The average molecular weight is 419 g/mol. The Kier molecular flexibility index (Phi) is 4.87. The van der Waals surface area contributed by atoms with Crippen LogP contribution in [0.15, 0.2) is 53.0 Å². The van der Waals surface area contributed by atoms with Crippen molar-refractivity contribution >= 4 is 55.4 Å². The fourth-order valence-corrected chi connectivity index (χ4v) is 3.74. The molecule has 0 saturated carbocycles. The molecule has 5 nitrogen and oxygen atoms in total. The van der Waals surface area contributed by atoms with E-state index in [4.69, 9.17) is 9.84 Å². The van der Waals surface area contributed by atoms with Crippen molar-refractivity contribution < 1.29 is 24.5 Å². The second-order valence-electron chi connectivity index (χ2n) is 5.05.